The predicted octanol–water partition coefficient (Wildman–Crippen LogP) is 4.60. The van der Waals surface area contributed by atoms with E-state index in [0.29, 0.717) is 35.3 Å². The largest absolute Gasteiger partial charge is 0.455 e. The number of hydrogen-bond donors (Lipinski definition) is 2. The Morgan fingerprint density at radius 2 is 2.00 bits per heavy atom. The topological polar surface area (TPSA) is 111 Å². The van der Waals surface area contributed by atoms with Crippen LogP contribution >= 0.6 is 0 Å². The fraction of sp³-hybridized carbons (Fsp3) is 0.375. The monoisotopic (exact) mass is 448 g/mol. The van der Waals surface area contributed by atoms with Gasteiger partial charge in [-0.15, -0.1) is 0 Å². The van der Waals surface area contributed by atoms with Crippen molar-refractivity contribution in [1.82, 2.24) is 25.1 Å². The molecule has 3 amide bonds. The van der Waals surface area contributed by atoms with Gasteiger partial charge in [-0.1, -0.05) is 19.3 Å². The Kier molecular flexibility index (Phi) is 6.97. The second-order valence-corrected chi connectivity index (χ2v) is 8.37. The van der Waals surface area contributed by atoms with Crippen LogP contribution in [-0.4, -0.2) is 31.7 Å². The highest BCUT2D eigenvalue weighted by Gasteiger charge is 2.18. The lowest BCUT2D eigenvalue weighted by Gasteiger charge is -2.20. The molecule has 172 valence electrons. The third-order valence-electron chi connectivity index (χ3n) is 5.69. The first-order valence-electron chi connectivity index (χ1n) is 11.2. The van der Waals surface area contributed by atoms with Gasteiger partial charge in [-0.3, -0.25) is 25.1 Å². The Morgan fingerprint density at radius 3 is 2.73 bits per heavy atom. The van der Waals surface area contributed by atoms with Crippen molar-refractivity contribution in [3.8, 4) is 22.8 Å². The number of carbonyl (C=O) groups excluding carboxylic acids is 2. The molecule has 0 atom stereocenters. The lowest BCUT2D eigenvalue weighted by Crippen LogP contribution is -2.35. The van der Waals surface area contributed by atoms with E-state index in [4.69, 9.17) is 4.74 Å². The number of hydrogen-bond acceptors (Lipinski definition) is 6. The maximum atomic E-state index is 12.2. The van der Waals surface area contributed by atoms with Crippen LogP contribution < -0.4 is 15.4 Å². The number of anilines is 1. The van der Waals surface area contributed by atoms with Gasteiger partial charge in [-0.2, -0.15) is 5.10 Å². The molecule has 1 saturated carbocycles. The number of pyridine rings is 2. The summed E-state index contributed by atoms with van der Waals surface area (Å²) in [6, 6.07) is 6.37. The molecule has 0 spiro atoms. The summed E-state index contributed by atoms with van der Waals surface area (Å²) in [7, 11) is 1.85. The van der Waals surface area contributed by atoms with E-state index >= 15 is 0 Å². The SMILES string of the molecule is Cc1nc(NC(=O)NC(=O)CC2CCCCC2)ccc1Oc1ccnc(-c2cnn(C)c2)c1. The van der Waals surface area contributed by atoms with Gasteiger partial charge in [-0.05, 0) is 43.9 Å². The smallest absolute Gasteiger partial charge is 0.327 e. The van der Waals surface area contributed by atoms with Crippen LogP contribution in [0.25, 0.3) is 11.3 Å². The predicted molar refractivity (Wildman–Crippen MR) is 124 cm³/mol. The molecule has 3 aromatic rings. The average Bonchev–Trinajstić information content (AvgIpc) is 3.23. The molecule has 33 heavy (non-hydrogen) atoms. The number of urea groups is 1. The maximum Gasteiger partial charge on any atom is 0.327 e. The minimum Gasteiger partial charge on any atom is -0.455 e. The van der Waals surface area contributed by atoms with Gasteiger partial charge >= 0.3 is 6.03 Å². The van der Waals surface area contributed by atoms with Gasteiger partial charge in [0.25, 0.3) is 0 Å². The van der Waals surface area contributed by atoms with Crippen LogP contribution in [0.2, 0.25) is 0 Å². The van der Waals surface area contributed by atoms with Crippen molar-refractivity contribution >= 4 is 17.8 Å². The van der Waals surface area contributed by atoms with E-state index in [1.165, 1.54) is 6.42 Å². The Morgan fingerprint density at radius 1 is 1.18 bits per heavy atom. The molecule has 0 saturated heterocycles. The van der Waals surface area contributed by atoms with Crippen LogP contribution in [0.1, 0.15) is 44.2 Å². The molecule has 0 aromatic carbocycles. The van der Waals surface area contributed by atoms with Crippen molar-refractivity contribution in [2.45, 2.75) is 45.4 Å². The van der Waals surface area contributed by atoms with Gasteiger partial charge < -0.3 is 4.74 Å². The standard InChI is InChI=1S/C24H28N6O3/c1-16-21(33-19-10-11-25-20(13-19)18-14-26-30(2)15-18)8-9-22(27-16)28-24(32)29-23(31)12-17-6-4-3-5-7-17/h8-11,13-15,17H,3-7,12H2,1-2H3,(H2,27,28,29,31,32). The van der Waals surface area contributed by atoms with Crippen molar-refractivity contribution in [3.05, 3.63) is 48.5 Å². The zero-order chi connectivity index (χ0) is 23.2. The average molecular weight is 449 g/mol. The van der Waals surface area contributed by atoms with Gasteiger partial charge in [0, 0.05) is 37.5 Å². The first-order chi connectivity index (χ1) is 16.0. The molecule has 1 aliphatic carbocycles. The molecule has 1 fully saturated rings. The Labute approximate surface area is 192 Å². The minimum absolute atomic E-state index is 0.252. The maximum absolute atomic E-state index is 12.2. The second-order valence-electron chi connectivity index (χ2n) is 8.37. The highest BCUT2D eigenvalue weighted by atomic mass is 16.5. The highest BCUT2D eigenvalue weighted by Crippen LogP contribution is 2.28. The lowest BCUT2D eigenvalue weighted by molar-refractivity contribution is -0.121. The number of carbonyl (C=O) groups is 2. The molecule has 0 unspecified atom stereocenters. The first-order valence-corrected chi connectivity index (χ1v) is 11.2. The quantitative estimate of drug-likeness (QED) is 0.570. The third kappa shape index (κ3) is 6.15. The molecule has 0 radical (unpaired) electrons. The van der Waals surface area contributed by atoms with Gasteiger partial charge in [-0.25, -0.2) is 9.78 Å². The number of amides is 3. The van der Waals surface area contributed by atoms with Crippen LogP contribution in [-0.2, 0) is 11.8 Å². The summed E-state index contributed by atoms with van der Waals surface area (Å²) in [4.78, 5) is 33.1. The van der Waals surface area contributed by atoms with Gasteiger partial charge in [0.1, 0.15) is 17.3 Å². The summed E-state index contributed by atoms with van der Waals surface area (Å²) in [5, 5.41) is 9.18. The van der Waals surface area contributed by atoms with E-state index < -0.39 is 6.03 Å². The Bertz CT molecular complexity index is 1140. The Hall–Kier alpha value is -3.75. The van der Waals surface area contributed by atoms with Crippen LogP contribution in [0.4, 0.5) is 10.6 Å². The first kappa shape index (κ1) is 22.4. The molecular formula is C24H28N6O3. The molecule has 1 aliphatic rings. The molecule has 2 N–H and O–H groups in total. The number of aromatic nitrogens is 4. The van der Waals surface area contributed by atoms with Gasteiger partial charge in [0.05, 0.1) is 17.6 Å². The number of imide groups is 1. The van der Waals surface area contributed by atoms with E-state index in [0.717, 1.165) is 36.9 Å². The van der Waals surface area contributed by atoms with Gasteiger partial charge in [0.15, 0.2) is 0 Å². The summed E-state index contributed by atoms with van der Waals surface area (Å²) in [6.45, 7) is 1.79. The number of nitrogens with zero attached hydrogens (tertiary/aromatic N) is 4. The number of nitrogens with one attached hydrogen (secondary N) is 2. The lowest BCUT2D eigenvalue weighted by atomic mass is 9.87. The molecular weight excluding hydrogens is 420 g/mol. The minimum atomic E-state index is -0.577. The number of ether oxygens (including phenoxy) is 1. The fourth-order valence-corrected chi connectivity index (χ4v) is 4.02. The van der Waals surface area contributed by atoms with Crippen LogP contribution in [0.5, 0.6) is 11.5 Å². The summed E-state index contributed by atoms with van der Waals surface area (Å²) in [5.41, 5.74) is 2.24. The van der Waals surface area contributed by atoms with Crippen molar-refractivity contribution in [1.29, 1.82) is 0 Å². The van der Waals surface area contributed by atoms with E-state index in [9.17, 15) is 9.59 Å². The van der Waals surface area contributed by atoms with E-state index in [1.54, 1.807) is 42.2 Å². The number of aryl methyl sites for hydroxylation is 2. The van der Waals surface area contributed by atoms with E-state index in [-0.39, 0.29) is 5.91 Å². The van der Waals surface area contributed by atoms with Crippen molar-refractivity contribution in [3.63, 3.8) is 0 Å². The van der Waals surface area contributed by atoms with E-state index in [2.05, 4.69) is 25.7 Å². The van der Waals surface area contributed by atoms with Crippen molar-refractivity contribution in [2.75, 3.05) is 5.32 Å². The molecule has 0 aliphatic heterocycles. The van der Waals surface area contributed by atoms with Crippen LogP contribution in [0.15, 0.2) is 42.9 Å². The second kappa shape index (κ2) is 10.2. The van der Waals surface area contributed by atoms with Crippen LogP contribution in [0.3, 0.4) is 0 Å². The number of rotatable bonds is 6. The Balaban J connectivity index is 1.34. The molecule has 0 bridgehead atoms. The zero-order valence-corrected chi connectivity index (χ0v) is 18.9. The van der Waals surface area contributed by atoms with Crippen molar-refractivity contribution < 1.29 is 14.3 Å². The summed E-state index contributed by atoms with van der Waals surface area (Å²) in [5.74, 6) is 1.63. The molecule has 9 heteroatoms. The molecule has 4 rings (SSSR count). The molecule has 9 nitrogen and oxygen atoms in total. The van der Waals surface area contributed by atoms with Crippen LogP contribution in [0, 0.1) is 12.8 Å². The van der Waals surface area contributed by atoms with E-state index in [1.807, 2.05) is 19.3 Å². The fourth-order valence-electron chi connectivity index (χ4n) is 4.02. The zero-order valence-electron chi connectivity index (χ0n) is 18.9. The third-order valence-corrected chi connectivity index (χ3v) is 5.69. The van der Waals surface area contributed by atoms with Gasteiger partial charge in [0.2, 0.25) is 5.91 Å². The highest BCUT2D eigenvalue weighted by molar-refractivity contribution is 6.00. The summed E-state index contributed by atoms with van der Waals surface area (Å²) >= 11 is 0. The summed E-state index contributed by atoms with van der Waals surface area (Å²) in [6.07, 6.45) is 11.3. The molecule has 3 heterocycles. The summed E-state index contributed by atoms with van der Waals surface area (Å²) < 4.78 is 7.69. The molecule has 3 aromatic heterocycles. The normalized spacial score (nSPS) is 14.0. The van der Waals surface area contributed by atoms with Crippen molar-refractivity contribution in [2.24, 2.45) is 13.0 Å².